The predicted octanol–water partition coefficient (Wildman–Crippen LogP) is 9.30. The largest absolute Gasteiger partial charge is 0.496 e. The zero-order valence-electron chi connectivity index (χ0n) is 23.0. The van der Waals surface area contributed by atoms with Gasteiger partial charge in [0.2, 0.25) is 0 Å². The van der Waals surface area contributed by atoms with Crippen molar-refractivity contribution in [1.82, 2.24) is 4.90 Å². The van der Waals surface area contributed by atoms with E-state index < -0.39 is 59.0 Å². The molecule has 2 aromatic carbocycles. The standard InChI is InChI=1S/C29H28F9NO3/c1-15-24(16-9-19(28(33,34)35)11-20(10-16)29(36,37)38)42-25(40)39(15)14-17-13-26(2,3)8-7-21(17)22-12-18(27(30,31)32)5-6-23(22)41-4/h5-6,9-12,15,24H,7-8,13-14H2,1-4H3/t15-,24-/m0/s1. The number of ether oxygens (including phenoxy) is 2. The summed E-state index contributed by atoms with van der Waals surface area (Å²) in [4.78, 5) is 14.2. The molecule has 4 rings (SSSR count). The van der Waals surface area contributed by atoms with Gasteiger partial charge in [-0.1, -0.05) is 13.8 Å². The summed E-state index contributed by atoms with van der Waals surface area (Å²) < 4.78 is 132. The Kier molecular flexibility index (Phi) is 8.05. The summed E-state index contributed by atoms with van der Waals surface area (Å²) in [6.45, 7) is 5.17. The number of carbonyl (C=O) groups excluding carboxylic acids is 1. The lowest BCUT2D eigenvalue weighted by Gasteiger charge is -2.36. The van der Waals surface area contributed by atoms with E-state index in [0.717, 1.165) is 12.1 Å². The second kappa shape index (κ2) is 10.7. The van der Waals surface area contributed by atoms with E-state index in [0.29, 0.717) is 42.5 Å². The highest BCUT2D eigenvalue weighted by molar-refractivity contribution is 5.77. The van der Waals surface area contributed by atoms with Crippen LogP contribution in [0.2, 0.25) is 0 Å². The van der Waals surface area contributed by atoms with Gasteiger partial charge in [-0.25, -0.2) is 4.79 Å². The molecule has 1 amide bonds. The summed E-state index contributed by atoms with van der Waals surface area (Å²) in [6, 6.07) is 3.12. The fourth-order valence-corrected chi connectivity index (χ4v) is 5.52. The smallest absolute Gasteiger partial charge is 0.416 e. The van der Waals surface area contributed by atoms with Crippen molar-refractivity contribution in [3.05, 3.63) is 69.8 Å². The average molecular weight is 610 g/mol. The first-order chi connectivity index (χ1) is 19.2. The lowest BCUT2D eigenvalue weighted by Crippen LogP contribution is -2.35. The number of carbonyl (C=O) groups is 1. The molecule has 2 aromatic rings. The molecule has 1 aliphatic heterocycles. The number of rotatable bonds is 5. The molecule has 1 fully saturated rings. The molecule has 2 aliphatic rings. The summed E-state index contributed by atoms with van der Waals surface area (Å²) in [5.41, 5.74) is -3.43. The number of halogens is 9. The first kappa shape index (κ1) is 31.6. The van der Waals surface area contributed by atoms with Crippen molar-refractivity contribution in [3.63, 3.8) is 0 Å². The quantitative estimate of drug-likeness (QED) is 0.317. The molecule has 1 heterocycles. The summed E-state index contributed by atoms with van der Waals surface area (Å²) >= 11 is 0. The van der Waals surface area contributed by atoms with Gasteiger partial charge in [0, 0.05) is 12.1 Å². The predicted molar refractivity (Wildman–Crippen MR) is 134 cm³/mol. The number of hydrogen-bond donors (Lipinski definition) is 0. The monoisotopic (exact) mass is 609 g/mol. The Morgan fingerprint density at radius 1 is 0.905 bits per heavy atom. The minimum absolute atomic E-state index is 0.00758. The van der Waals surface area contributed by atoms with E-state index in [-0.39, 0.29) is 29.3 Å². The van der Waals surface area contributed by atoms with Crippen LogP contribution in [0.15, 0.2) is 42.0 Å². The number of methoxy groups -OCH3 is 1. The molecule has 230 valence electrons. The summed E-state index contributed by atoms with van der Waals surface area (Å²) in [5.74, 6) is 0.189. The minimum Gasteiger partial charge on any atom is -0.496 e. The highest BCUT2D eigenvalue weighted by Crippen LogP contribution is 2.47. The van der Waals surface area contributed by atoms with Gasteiger partial charge >= 0.3 is 24.6 Å². The van der Waals surface area contributed by atoms with Gasteiger partial charge in [-0.2, -0.15) is 39.5 Å². The Bertz CT molecular complexity index is 1360. The number of nitrogens with zero attached hydrogens (tertiary/aromatic N) is 1. The number of alkyl halides is 9. The van der Waals surface area contributed by atoms with E-state index in [2.05, 4.69) is 0 Å². The SMILES string of the molecule is COc1ccc(C(F)(F)F)cc1C1=C(CN2C(=O)O[C@H](c3cc(C(F)(F)F)cc(C(F)(F)F)c3)[C@@H]2C)CC(C)(C)CC1. The number of hydrogen-bond acceptors (Lipinski definition) is 3. The molecule has 1 aliphatic carbocycles. The summed E-state index contributed by atoms with van der Waals surface area (Å²) in [5, 5.41) is 0. The van der Waals surface area contributed by atoms with Crippen molar-refractivity contribution in [2.24, 2.45) is 5.41 Å². The molecule has 0 spiro atoms. The fourth-order valence-electron chi connectivity index (χ4n) is 5.52. The lowest BCUT2D eigenvalue weighted by atomic mass is 9.72. The number of cyclic esters (lactones) is 1. The molecular weight excluding hydrogens is 581 g/mol. The second-order valence-electron chi connectivity index (χ2n) is 11.3. The Hall–Kier alpha value is -3.38. The van der Waals surface area contributed by atoms with E-state index in [1.54, 1.807) is 0 Å². The van der Waals surface area contributed by atoms with Crippen molar-refractivity contribution in [3.8, 4) is 5.75 Å². The van der Waals surface area contributed by atoms with Gasteiger partial charge in [0.25, 0.3) is 0 Å². The van der Waals surface area contributed by atoms with Crippen molar-refractivity contribution >= 4 is 11.7 Å². The number of benzene rings is 2. The van der Waals surface area contributed by atoms with Gasteiger partial charge in [0.15, 0.2) is 0 Å². The highest BCUT2D eigenvalue weighted by Gasteiger charge is 2.44. The third kappa shape index (κ3) is 6.49. The molecule has 0 bridgehead atoms. The van der Waals surface area contributed by atoms with E-state index in [1.807, 2.05) is 13.8 Å². The van der Waals surface area contributed by atoms with Crippen LogP contribution in [-0.4, -0.2) is 30.7 Å². The molecule has 1 saturated heterocycles. The van der Waals surface area contributed by atoms with E-state index >= 15 is 0 Å². The molecule has 0 unspecified atom stereocenters. The molecule has 2 atom stereocenters. The molecule has 13 heteroatoms. The Morgan fingerprint density at radius 3 is 2.00 bits per heavy atom. The van der Waals surface area contributed by atoms with Gasteiger partial charge in [0.05, 0.1) is 29.8 Å². The lowest BCUT2D eigenvalue weighted by molar-refractivity contribution is -0.143. The molecule has 42 heavy (non-hydrogen) atoms. The molecule has 4 nitrogen and oxygen atoms in total. The maximum atomic E-state index is 13.6. The van der Waals surface area contributed by atoms with Gasteiger partial charge in [-0.3, -0.25) is 4.90 Å². The fraction of sp³-hybridized carbons (Fsp3) is 0.483. The van der Waals surface area contributed by atoms with E-state index in [4.69, 9.17) is 9.47 Å². The summed E-state index contributed by atoms with van der Waals surface area (Å²) in [6.07, 6.45) is -15.9. The Balaban J connectivity index is 1.76. The van der Waals surface area contributed by atoms with Crippen molar-refractivity contribution in [1.29, 1.82) is 0 Å². The van der Waals surface area contributed by atoms with E-state index in [1.165, 1.54) is 25.0 Å². The van der Waals surface area contributed by atoms with Gasteiger partial charge in [-0.05, 0) is 84.7 Å². The van der Waals surface area contributed by atoms with Crippen LogP contribution in [0.4, 0.5) is 44.3 Å². The Labute approximate surface area is 236 Å². The third-order valence-electron chi connectivity index (χ3n) is 7.71. The maximum absolute atomic E-state index is 13.6. The third-order valence-corrected chi connectivity index (χ3v) is 7.71. The summed E-state index contributed by atoms with van der Waals surface area (Å²) in [7, 11) is 1.31. The number of allylic oxidation sites excluding steroid dienone is 1. The van der Waals surface area contributed by atoms with Crippen LogP contribution in [-0.2, 0) is 23.3 Å². The first-order valence-corrected chi connectivity index (χ1v) is 12.9. The van der Waals surface area contributed by atoms with Crippen LogP contribution in [0, 0.1) is 5.41 Å². The maximum Gasteiger partial charge on any atom is 0.416 e. The number of amides is 1. The molecule has 0 saturated carbocycles. The second-order valence-corrected chi connectivity index (χ2v) is 11.3. The molecule has 0 radical (unpaired) electrons. The molecule has 0 aromatic heterocycles. The van der Waals surface area contributed by atoms with Gasteiger partial charge < -0.3 is 9.47 Å². The zero-order chi connectivity index (χ0) is 31.4. The highest BCUT2D eigenvalue weighted by atomic mass is 19.4. The molecule has 0 N–H and O–H groups in total. The Morgan fingerprint density at radius 2 is 1.48 bits per heavy atom. The van der Waals surface area contributed by atoms with Crippen molar-refractivity contribution in [2.75, 3.05) is 13.7 Å². The average Bonchev–Trinajstić information content (AvgIpc) is 3.14. The van der Waals surface area contributed by atoms with Crippen LogP contribution in [0.5, 0.6) is 5.75 Å². The normalized spacial score (nSPS) is 21.5. The van der Waals surface area contributed by atoms with Crippen LogP contribution >= 0.6 is 0 Å². The van der Waals surface area contributed by atoms with E-state index in [9.17, 15) is 44.3 Å². The van der Waals surface area contributed by atoms with Crippen LogP contribution in [0.3, 0.4) is 0 Å². The zero-order valence-corrected chi connectivity index (χ0v) is 23.0. The van der Waals surface area contributed by atoms with Crippen LogP contribution in [0.25, 0.3) is 5.57 Å². The van der Waals surface area contributed by atoms with Gasteiger partial charge in [-0.15, -0.1) is 0 Å². The van der Waals surface area contributed by atoms with Gasteiger partial charge in [0.1, 0.15) is 11.9 Å². The molecular formula is C29H28F9NO3. The topological polar surface area (TPSA) is 38.8 Å². The first-order valence-electron chi connectivity index (χ1n) is 12.9. The minimum atomic E-state index is -5.08. The van der Waals surface area contributed by atoms with Crippen LogP contribution in [0.1, 0.15) is 74.0 Å². The van der Waals surface area contributed by atoms with Crippen molar-refractivity contribution < 1.29 is 53.8 Å². The van der Waals surface area contributed by atoms with Crippen molar-refractivity contribution in [2.45, 2.75) is 70.7 Å². The van der Waals surface area contributed by atoms with Crippen LogP contribution < -0.4 is 4.74 Å².